The highest BCUT2D eigenvalue weighted by molar-refractivity contribution is 7.91. The van der Waals surface area contributed by atoms with Gasteiger partial charge in [0.25, 0.3) is 0 Å². The van der Waals surface area contributed by atoms with Gasteiger partial charge in [0.15, 0.2) is 0 Å². The normalized spacial score (nSPS) is 17.7. The number of aryl methyl sites for hydroxylation is 2. The van der Waals surface area contributed by atoms with E-state index < -0.39 is 15.4 Å². The second-order valence-corrected chi connectivity index (χ2v) is 8.17. The molecule has 4 nitrogen and oxygen atoms in total. The highest BCUT2D eigenvalue weighted by Crippen LogP contribution is 2.26. The maximum atomic E-state index is 11.1. The summed E-state index contributed by atoms with van der Waals surface area (Å²) in [6, 6.07) is 13.3. The molecule has 1 unspecified atom stereocenters. The lowest BCUT2D eigenvalue weighted by atomic mass is 10.0. The maximum Gasteiger partial charge on any atom is 0.236 e. The van der Waals surface area contributed by atoms with Gasteiger partial charge in [0.2, 0.25) is 10.0 Å². The monoisotopic (exact) mass is 363 g/mol. The molecule has 1 aliphatic carbocycles. The van der Waals surface area contributed by atoms with Crippen LogP contribution in [0.2, 0.25) is 0 Å². The van der Waals surface area contributed by atoms with Crippen LogP contribution in [0.3, 0.4) is 0 Å². The summed E-state index contributed by atoms with van der Waals surface area (Å²) in [6.45, 7) is 0. The van der Waals surface area contributed by atoms with E-state index in [0.29, 0.717) is 5.69 Å². The van der Waals surface area contributed by atoms with E-state index in [0.717, 1.165) is 23.8 Å². The van der Waals surface area contributed by atoms with Crippen LogP contribution in [0, 0.1) is 0 Å². The lowest BCUT2D eigenvalue weighted by molar-refractivity contribution is -0.107. The largest absolute Gasteiger partial charge is 0.301 e. The number of aldehydes is 1. The Hall–Kier alpha value is -1.85. The number of rotatable bonds is 2. The fourth-order valence-electron chi connectivity index (χ4n) is 2.95. The molecule has 0 saturated carbocycles. The summed E-state index contributed by atoms with van der Waals surface area (Å²) in [6.07, 6.45) is 4.31. The average molecular weight is 364 g/mol. The highest BCUT2D eigenvalue weighted by atomic mass is 35.5. The first-order chi connectivity index (χ1) is 11.5. The minimum atomic E-state index is -3.10. The van der Waals surface area contributed by atoms with Crippen LogP contribution >= 0.6 is 11.6 Å². The third kappa shape index (κ3) is 3.97. The van der Waals surface area contributed by atoms with Crippen molar-refractivity contribution in [2.75, 3.05) is 4.72 Å². The van der Waals surface area contributed by atoms with Gasteiger partial charge >= 0.3 is 0 Å². The molecule has 0 aromatic heterocycles. The van der Waals surface area contributed by atoms with Gasteiger partial charge in [0, 0.05) is 5.69 Å². The summed E-state index contributed by atoms with van der Waals surface area (Å²) in [5, 5.41) is -0.481. The SMILES string of the molecule is O=CC(Cl)c1ccc2c(c1)CCC2.O=S1(=O)Cc2ccc(cc2)N1. The molecule has 2 aliphatic heterocycles. The summed E-state index contributed by atoms with van der Waals surface area (Å²) < 4.78 is 24.6. The van der Waals surface area contributed by atoms with Crippen molar-refractivity contribution in [2.45, 2.75) is 30.4 Å². The number of hydrogen-bond donors (Lipinski definition) is 1. The summed E-state index contributed by atoms with van der Waals surface area (Å²) in [7, 11) is -3.10. The zero-order valence-corrected chi connectivity index (χ0v) is 14.6. The van der Waals surface area contributed by atoms with Crippen molar-refractivity contribution in [1.29, 1.82) is 0 Å². The van der Waals surface area contributed by atoms with Crippen molar-refractivity contribution in [2.24, 2.45) is 0 Å². The molecule has 0 saturated heterocycles. The Labute approximate surface area is 146 Å². The maximum absolute atomic E-state index is 11.1. The molecule has 2 aromatic carbocycles. The molecule has 1 N–H and O–H groups in total. The number of benzene rings is 2. The van der Waals surface area contributed by atoms with Gasteiger partial charge in [-0.15, -0.1) is 11.6 Å². The van der Waals surface area contributed by atoms with Gasteiger partial charge in [-0.2, -0.15) is 0 Å². The molecule has 3 aliphatic rings. The van der Waals surface area contributed by atoms with Crippen LogP contribution in [0.5, 0.6) is 0 Å². The summed E-state index contributed by atoms with van der Waals surface area (Å²) >= 11 is 5.82. The van der Waals surface area contributed by atoms with Gasteiger partial charge in [-0.05, 0) is 53.6 Å². The van der Waals surface area contributed by atoms with E-state index in [1.165, 1.54) is 24.0 Å². The van der Waals surface area contributed by atoms with E-state index in [1.54, 1.807) is 12.1 Å². The Bertz CT molecular complexity index is 816. The number of alkyl halides is 1. The van der Waals surface area contributed by atoms with E-state index in [9.17, 15) is 13.2 Å². The summed E-state index contributed by atoms with van der Waals surface area (Å²) in [5.74, 6) is 0.0868. The number of carbonyl (C=O) groups excluding carboxylic acids is 1. The van der Waals surface area contributed by atoms with Crippen LogP contribution in [-0.2, 0) is 33.4 Å². The predicted octanol–water partition coefficient (Wildman–Crippen LogP) is 3.60. The van der Waals surface area contributed by atoms with E-state index in [-0.39, 0.29) is 5.75 Å². The fraction of sp³-hybridized carbons (Fsp3) is 0.278. The van der Waals surface area contributed by atoms with Gasteiger partial charge in [-0.3, -0.25) is 4.72 Å². The van der Waals surface area contributed by atoms with Crippen molar-refractivity contribution >= 4 is 33.6 Å². The number of fused-ring (bicyclic) bond motifs is 5. The number of nitrogens with one attached hydrogen (secondary N) is 1. The lowest BCUT2D eigenvalue weighted by Crippen LogP contribution is -2.11. The number of carbonyl (C=O) groups is 1. The van der Waals surface area contributed by atoms with Gasteiger partial charge in [0.05, 0.1) is 5.75 Å². The molecule has 6 heteroatoms. The molecule has 0 spiro atoms. The molecule has 24 heavy (non-hydrogen) atoms. The van der Waals surface area contributed by atoms with Crippen LogP contribution in [0.1, 0.15) is 34.1 Å². The van der Waals surface area contributed by atoms with Gasteiger partial charge < -0.3 is 4.79 Å². The van der Waals surface area contributed by atoms with Crippen LogP contribution in [-0.4, -0.2) is 14.7 Å². The first kappa shape index (κ1) is 17.0. The Morgan fingerprint density at radius 3 is 2.46 bits per heavy atom. The standard InChI is InChI=1S/C11H11ClO.C7H7NO2S/c12-11(7-13)10-5-4-8-2-1-3-9(8)6-10;9-11(10)5-6-1-3-7(8-11)4-2-6/h4-7,11H,1-3H2;1-4,8H,5H2. The van der Waals surface area contributed by atoms with Crippen molar-refractivity contribution in [3.63, 3.8) is 0 Å². The first-order valence-electron chi connectivity index (χ1n) is 7.77. The molecule has 0 fully saturated rings. The van der Waals surface area contributed by atoms with Crippen molar-refractivity contribution < 1.29 is 13.2 Å². The number of halogens is 1. The van der Waals surface area contributed by atoms with Crippen molar-refractivity contribution in [3.8, 4) is 0 Å². The quantitative estimate of drug-likeness (QED) is 0.655. The molecule has 2 aromatic rings. The topological polar surface area (TPSA) is 63.2 Å². The Morgan fingerprint density at radius 1 is 1.04 bits per heavy atom. The van der Waals surface area contributed by atoms with Crippen LogP contribution < -0.4 is 4.72 Å². The number of hydrogen-bond acceptors (Lipinski definition) is 3. The van der Waals surface area contributed by atoms with Gasteiger partial charge in [-0.1, -0.05) is 30.3 Å². The minimum absolute atomic E-state index is 0.0868. The zero-order chi connectivity index (χ0) is 17.2. The van der Waals surface area contributed by atoms with Crippen LogP contribution in [0.15, 0.2) is 42.5 Å². The first-order valence-corrected chi connectivity index (χ1v) is 9.86. The molecule has 0 radical (unpaired) electrons. The van der Waals surface area contributed by atoms with Crippen LogP contribution in [0.25, 0.3) is 0 Å². The molecular formula is C18H18ClNO3S. The van der Waals surface area contributed by atoms with E-state index >= 15 is 0 Å². The predicted molar refractivity (Wildman–Crippen MR) is 95.8 cm³/mol. The van der Waals surface area contributed by atoms with E-state index in [4.69, 9.17) is 11.6 Å². The number of anilines is 1. The van der Waals surface area contributed by atoms with Gasteiger partial charge in [0.1, 0.15) is 11.7 Å². The molecule has 0 amide bonds. The third-order valence-electron chi connectivity index (χ3n) is 4.14. The lowest BCUT2D eigenvalue weighted by Gasteiger charge is -2.05. The third-order valence-corrected chi connectivity index (χ3v) is 5.76. The van der Waals surface area contributed by atoms with Crippen molar-refractivity contribution in [3.05, 3.63) is 64.7 Å². The summed E-state index contributed by atoms with van der Waals surface area (Å²) in [5.41, 5.74) is 5.19. The van der Waals surface area contributed by atoms with E-state index in [2.05, 4.69) is 16.9 Å². The average Bonchev–Trinajstić information content (AvgIpc) is 2.91. The highest BCUT2D eigenvalue weighted by Gasteiger charge is 2.15. The molecule has 1 atom stereocenters. The van der Waals surface area contributed by atoms with Crippen molar-refractivity contribution in [1.82, 2.24) is 0 Å². The fourth-order valence-corrected chi connectivity index (χ4v) is 4.28. The molecule has 2 bridgehead atoms. The molecule has 5 rings (SSSR count). The zero-order valence-electron chi connectivity index (χ0n) is 13.0. The summed E-state index contributed by atoms with van der Waals surface area (Å²) in [4.78, 5) is 10.5. The smallest absolute Gasteiger partial charge is 0.236 e. The Balaban J connectivity index is 0.000000143. The minimum Gasteiger partial charge on any atom is -0.301 e. The second kappa shape index (κ2) is 6.95. The van der Waals surface area contributed by atoms with Gasteiger partial charge in [-0.25, -0.2) is 8.42 Å². The second-order valence-electron chi connectivity index (χ2n) is 5.98. The Morgan fingerprint density at radius 2 is 1.75 bits per heavy atom. The van der Waals surface area contributed by atoms with Crippen LogP contribution in [0.4, 0.5) is 5.69 Å². The Kier molecular flexibility index (Phi) is 4.92. The van der Waals surface area contributed by atoms with E-state index in [1.807, 2.05) is 18.2 Å². The molecule has 2 heterocycles. The molecule has 126 valence electrons. The number of sulfonamides is 1. The molecular weight excluding hydrogens is 346 g/mol.